The molecule has 0 N–H and O–H groups in total. The predicted octanol–water partition coefficient (Wildman–Crippen LogP) is 3.87. The van der Waals surface area contributed by atoms with Crippen molar-refractivity contribution in [3.63, 3.8) is 0 Å². The van der Waals surface area contributed by atoms with Crippen LogP contribution in [0.1, 0.15) is 18.4 Å². The van der Waals surface area contributed by atoms with E-state index in [9.17, 15) is 0 Å². The lowest BCUT2D eigenvalue weighted by Gasteiger charge is -1.97. The summed E-state index contributed by atoms with van der Waals surface area (Å²) in [5, 5.41) is 0.668. The van der Waals surface area contributed by atoms with Crippen LogP contribution in [0.4, 0.5) is 0 Å². The highest BCUT2D eigenvalue weighted by molar-refractivity contribution is 6.33. The summed E-state index contributed by atoms with van der Waals surface area (Å²) in [6, 6.07) is 7.56. The monoisotopic (exact) mass is 221 g/mol. The molecule has 1 heterocycles. The number of benzene rings is 1. The first-order valence-electron chi connectivity index (χ1n) is 4.93. The summed E-state index contributed by atoms with van der Waals surface area (Å²) in [4.78, 5) is 4.41. The van der Waals surface area contributed by atoms with Gasteiger partial charge in [0.25, 0.3) is 0 Å². The van der Waals surface area contributed by atoms with Gasteiger partial charge >= 0.3 is 0 Å². The highest BCUT2D eigenvalue weighted by Gasteiger charge is 2.11. The summed E-state index contributed by atoms with van der Waals surface area (Å²) in [7, 11) is 0. The predicted molar refractivity (Wildman–Crippen MR) is 61.1 cm³/mol. The van der Waals surface area contributed by atoms with Crippen LogP contribution in [0, 0.1) is 6.92 Å². The minimum atomic E-state index is 0.606. The molecule has 0 saturated heterocycles. The zero-order valence-corrected chi connectivity index (χ0v) is 9.51. The quantitative estimate of drug-likeness (QED) is 0.770. The minimum absolute atomic E-state index is 0.606. The molecule has 2 rings (SSSR count). The van der Waals surface area contributed by atoms with Gasteiger partial charge in [-0.15, -0.1) is 0 Å². The zero-order valence-electron chi connectivity index (χ0n) is 8.75. The molecule has 0 unspecified atom stereocenters. The first-order chi connectivity index (χ1) is 7.22. The molecule has 1 aromatic heterocycles. The van der Waals surface area contributed by atoms with E-state index in [4.69, 9.17) is 16.0 Å². The van der Waals surface area contributed by atoms with Crippen molar-refractivity contribution < 1.29 is 4.42 Å². The molecule has 0 radical (unpaired) electrons. The number of aromatic nitrogens is 1. The number of aryl methyl sites for hydroxylation is 2. The Hall–Kier alpha value is -1.28. The topological polar surface area (TPSA) is 26.0 Å². The van der Waals surface area contributed by atoms with E-state index < -0.39 is 0 Å². The van der Waals surface area contributed by atoms with Gasteiger partial charge in [-0.25, -0.2) is 4.98 Å². The SMILES string of the molecule is CCc1nc(-c2ccccc2Cl)oc1C. The van der Waals surface area contributed by atoms with Crippen LogP contribution >= 0.6 is 11.6 Å². The third kappa shape index (κ3) is 1.90. The van der Waals surface area contributed by atoms with Crippen LogP contribution in [0.5, 0.6) is 0 Å². The van der Waals surface area contributed by atoms with Crippen molar-refractivity contribution in [3.8, 4) is 11.5 Å². The molecule has 0 spiro atoms. The molecule has 0 fully saturated rings. The molecule has 78 valence electrons. The molecule has 15 heavy (non-hydrogen) atoms. The molecule has 0 aliphatic carbocycles. The summed E-state index contributed by atoms with van der Waals surface area (Å²) in [5.41, 5.74) is 1.84. The molecule has 0 amide bonds. The van der Waals surface area contributed by atoms with E-state index in [0.717, 1.165) is 23.4 Å². The number of hydrogen-bond donors (Lipinski definition) is 0. The van der Waals surface area contributed by atoms with Gasteiger partial charge in [0.2, 0.25) is 5.89 Å². The molecule has 0 bridgehead atoms. The molecule has 0 aliphatic heterocycles. The Labute approximate surface area is 93.9 Å². The van der Waals surface area contributed by atoms with Gasteiger partial charge in [-0.3, -0.25) is 0 Å². The molecular formula is C12H12ClNO. The molecule has 0 aliphatic rings. The third-order valence-corrected chi connectivity index (χ3v) is 2.66. The standard InChI is InChI=1S/C12H12ClNO/c1-3-11-8(2)15-12(14-11)9-6-4-5-7-10(9)13/h4-7H,3H2,1-2H3. The van der Waals surface area contributed by atoms with Gasteiger partial charge < -0.3 is 4.42 Å². The molecule has 0 saturated carbocycles. The second-order valence-corrected chi connectivity index (χ2v) is 3.76. The lowest BCUT2D eigenvalue weighted by molar-refractivity contribution is 0.540. The number of nitrogens with zero attached hydrogens (tertiary/aromatic N) is 1. The number of rotatable bonds is 2. The van der Waals surface area contributed by atoms with Crippen molar-refractivity contribution in [1.29, 1.82) is 0 Å². The summed E-state index contributed by atoms with van der Waals surface area (Å²) in [5.74, 6) is 1.47. The van der Waals surface area contributed by atoms with Crippen LogP contribution in [-0.4, -0.2) is 4.98 Å². The van der Waals surface area contributed by atoms with Crippen molar-refractivity contribution in [1.82, 2.24) is 4.98 Å². The zero-order chi connectivity index (χ0) is 10.8. The maximum atomic E-state index is 6.06. The van der Waals surface area contributed by atoms with Gasteiger partial charge in [-0.2, -0.15) is 0 Å². The van der Waals surface area contributed by atoms with Crippen molar-refractivity contribution in [3.05, 3.63) is 40.7 Å². The second-order valence-electron chi connectivity index (χ2n) is 3.36. The molecule has 2 aromatic rings. The van der Waals surface area contributed by atoms with Gasteiger partial charge in [0, 0.05) is 0 Å². The molecule has 1 aromatic carbocycles. The number of hydrogen-bond acceptors (Lipinski definition) is 2. The van der Waals surface area contributed by atoms with Crippen molar-refractivity contribution in [2.75, 3.05) is 0 Å². The Morgan fingerprint density at radius 1 is 1.33 bits per heavy atom. The molecule has 3 heteroatoms. The van der Waals surface area contributed by atoms with Crippen LogP contribution in [0.3, 0.4) is 0 Å². The van der Waals surface area contributed by atoms with E-state index >= 15 is 0 Å². The maximum Gasteiger partial charge on any atom is 0.228 e. The Morgan fingerprint density at radius 2 is 2.07 bits per heavy atom. The maximum absolute atomic E-state index is 6.06. The molecule has 0 atom stereocenters. The fourth-order valence-electron chi connectivity index (χ4n) is 1.51. The highest BCUT2D eigenvalue weighted by Crippen LogP contribution is 2.28. The molecule has 2 nitrogen and oxygen atoms in total. The van der Waals surface area contributed by atoms with Crippen LogP contribution in [0.25, 0.3) is 11.5 Å². The van der Waals surface area contributed by atoms with Gasteiger partial charge in [0.05, 0.1) is 16.3 Å². The fourth-order valence-corrected chi connectivity index (χ4v) is 1.72. The Kier molecular flexibility index (Phi) is 2.78. The van der Waals surface area contributed by atoms with E-state index in [2.05, 4.69) is 11.9 Å². The van der Waals surface area contributed by atoms with E-state index in [1.54, 1.807) is 0 Å². The average Bonchev–Trinajstić information content (AvgIpc) is 2.60. The lowest BCUT2D eigenvalue weighted by Crippen LogP contribution is -1.83. The van der Waals surface area contributed by atoms with Crippen molar-refractivity contribution >= 4 is 11.6 Å². The summed E-state index contributed by atoms with van der Waals surface area (Å²) >= 11 is 6.06. The Bertz CT molecular complexity index is 476. The summed E-state index contributed by atoms with van der Waals surface area (Å²) in [6.45, 7) is 3.98. The smallest absolute Gasteiger partial charge is 0.228 e. The lowest BCUT2D eigenvalue weighted by atomic mass is 10.2. The van der Waals surface area contributed by atoms with E-state index in [1.807, 2.05) is 31.2 Å². The number of halogens is 1. The first-order valence-corrected chi connectivity index (χ1v) is 5.31. The van der Waals surface area contributed by atoms with Gasteiger partial charge in [-0.1, -0.05) is 30.7 Å². The second kappa shape index (κ2) is 4.07. The van der Waals surface area contributed by atoms with E-state index in [-0.39, 0.29) is 0 Å². The third-order valence-electron chi connectivity index (χ3n) is 2.33. The van der Waals surface area contributed by atoms with Gasteiger partial charge in [0.1, 0.15) is 5.76 Å². The minimum Gasteiger partial charge on any atom is -0.441 e. The Balaban J connectivity index is 2.50. The summed E-state index contributed by atoms with van der Waals surface area (Å²) < 4.78 is 5.58. The average molecular weight is 222 g/mol. The van der Waals surface area contributed by atoms with Gasteiger partial charge in [-0.05, 0) is 25.5 Å². The first kappa shape index (κ1) is 10.2. The van der Waals surface area contributed by atoms with E-state index in [1.165, 1.54) is 0 Å². The van der Waals surface area contributed by atoms with Crippen LogP contribution in [0.2, 0.25) is 5.02 Å². The Morgan fingerprint density at radius 3 is 2.67 bits per heavy atom. The number of oxazole rings is 1. The molecular weight excluding hydrogens is 210 g/mol. The fraction of sp³-hybridized carbons (Fsp3) is 0.250. The normalized spacial score (nSPS) is 10.6. The summed E-state index contributed by atoms with van der Waals surface area (Å²) in [6.07, 6.45) is 0.875. The van der Waals surface area contributed by atoms with Crippen LogP contribution in [-0.2, 0) is 6.42 Å². The van der Waals surface area contributed by atoms with E-state index in [0.29, 0.717) is 10.9 Å². The van der Waals surface area contributed by atoms with Crippen molar-refractivity contribution in [2.45, 2.75) is 20.3 Å². The van der Waals surface area contributed by atoms with Crippen molar-refractivity contribution in [2.24, 2.45) is 0 Å². The van der Waals surface area contributed by atoms with Crippen LogP contribution < -0.4 is 0 Å². The highest BCUT2D eigenvalue weighted by atomic mass is 35.5. The largest absolute Gasteiger partial charge is 0.441 e. The van der Waals surface area contributed by atoms with Crippen LogP contribution in [0.15, 0.2) is 28.7 Å². The van der Waals surface area contributed by atoms with Gasteiger partial charge in [0.15, 0.2) is 0 Å².